The van der Waals surface area contributed by atoms with Crippen molar-refractivity contribution < 1.29 is 13.9 Å². The molecule has 0 unspecified atom stereocenters. The third kappa shape index (κ3) is 5.83. The van der Waals surface area contributed by atoms with Crippen molar-refractivity contribution in [2.24, 2.45) is 0 Å². The van der Waals surface area contributed by atoms with Crippen LogP contribution in [0, 0.1) is 5.82 Å². The van der Waals surface area contributed by atoms with Crippen LogP contribution in [0.15, 0.2) is 66.9 Å². The lowest BCUT2D eigenvalue weighted by atomic mass is 9.98. The van der Waals surface area contributed by atoms with Gasteiger partial charge in [-0.05, 0) is 62.3 Å². The van der Waals surface area contributed by atoms with Crippen molar-refractivity contribution in [1.82, 2.24) is 20.0 Å². The van der Waals surface area contributed by atoms with Crippen molar-refractivity contribution in [3.05, 3.63) is 83.8 Å². The van der Waals surface area contributed by atoms with Gasteiger partial charge in [0.1, 0.15) is 11.6 Å². The van der Waals surface area contributed by atoms with E-state index in [1.807, 2.05) is 49.3 Å². The van der Waals surface area contributed by atoms with Crippen LogP contribution in [0.25, 0.3) is 22.0 Å². The second-order valence-corrected chi connectivity index (χ2v) is 9.08. The molecular formula is C30H35FN4O2. The first kappa shape index (κ1) is 26.4. The van der Waals surface area contributed by atoms with Gasteiger partial charge in [-0.1, -0.05) is 44.2 Å². The van der Waals surface area contributed by atoms with Gasteiger partial charge in [-0.2, -0.15) is 5.10 Å². The van der Waals surface area contributed by atoms with Crippen LogP contribution in [0.1, 0.15) is 49.2 Å². The summed E-state index contributed by atoms with van der Waals surface area (Å²) in [6.45, 7) is 9.40. The number of fused-ring (bicyclic) bond motifs is 1. The van der Waals surface area contributed by atoms with Gasteiger partial charge in [-0.3, -0.25) is 9.89 Å². The average molecular weight is 503 g/mol. The minimum atomic E-state index is -0.316. The van der Waals surface area contributed by atoms with Gasteiger partial charge in [0.05, 0.1) is 24.4 Å². The predicted molar refractivity (Wildman–Crippen MR) is 146 cm³/mol. The summed E-state index contributed by atoms with van der Waals surface area (Å²) in [5.41, 5.74) is 3.97. The number of carbonyl (C=O) groups excluding carboxylic acids is 1. The molecule has 4 rings (SSSR count). The molecule has 1 atom stereocenters. The second kappa shape index (κ2) is 12.0. The highest BCUT2D eigenvalue weighted by Crippen LogP contribution is 2.34. The van der Waals surface area contributed by atoms with Crippen molar-refractivity contribution in [1.29, 1.82) is 0 Å². The van der Waals surface area contributed by atoms with Gasteiger partial charge in [-0.15, -0.1) is 0 Å². The van der Waals surface area contributed by atoms with E-state index in [0.29, 0.717) is 23.5 Å². The van der Waals surface area contributed by atoms with E-state index in [9.17, 15) is 9.18 Å². The number of para-hydroxylation sites is 1. The number of benzene rings is 3. The number of carbonyl (C=O) groups is 1. The number of rotatable bonds is 11. The largest absolute Gasteiger partial charge is 0.493 e. The Kier molecular flexibility index (Phi) is 8.56. The maximum atomic E-state index is 13.9. The van der Waals surface area contributed by atoms with Gasteiger partial charge in [0, 0.05) is 35.7 Å². The molecule has 1 heterocycles. The number of amides is 1. The van der Waals surface area contributed by atoms with Crippen molar-refractivity contribution in [3.63, 3.8) is 0 Å². The van der Waals surface area contributed by atoms with E-state index in [4.69, 9.17) is 4.74 Å². The monoisotopic (exact) mass is 502 g/mol. The Hall–Kier alpha value is -3.71. The standard InChI is InChI=1S/C30H35FN4O2/c1-5-35(6-2)17-16-27(26-13-9-11-23-20-32-33-29(23)26)34(4)30(36)22-14-15-25(28(19-22)37-7-3)21-10-8-12-24(31)18-21/h8-15,18-20,27H,5-7,16-17H2,1-4H3,(H,32,33)/t27-/m1/s1. The highest BCUT2D eigenvalue weighted by Gasteiger charge is 2.26. The summed E-state index contributed by atoms with van der Waals surface area (Å²) < 4.78 is 19.8. The molecule has 4 aromatic rings. The molecule has 3 aromatic carbocycles. The van der Waals surface area contributed by atoms with Crippen LogP contribution in [-0.2, 0) is 0 Å². The molecule has 6 nitrogen and oxygen atoms in total. The van der Waals surface area contributed by atoms with Crippen LogP contribution >= 0.6 is 0 Å². The number of hydrogen-bond acceptors (Lipinski definition) is 4. The van der Waals surface area contributed by atoms with Crippen LogP contribution in [0.5, 0.6) is 5.75 Å². The van der Waals surface area contributed by atoms with E-state index >= 15 is 0 Å². The summed E-state index contributed by atoms with van der Waals surface area (Å²) in [4.78, 5) is 18.0. The lowest BCUT2D eigenvalue weighted by Gasteiger charge is -2.31. The molecule has 0 saturated heterocycles. The number of hydrogen-bond donors (Lipinski definition) is 1. The molecular weight excluding hydrogens is 467 g/mol. The zero-order chi connectivity index (χ0) is 26.4. The van der Waals surface area contributed by atoms with E-state index in [1.165, 1.54) is 12.1 Å². The number of ether oxygens (including phenoxy) is 1. The molecule has 1 aromatic heterocycles. The van der Waals surface area contributed by atoms with Gasteiger partial charge in [-0.25, -0.2) is 4.39 Å². The van der Waals surface area contributed by atoms with Gasteiger partial charge in [0.15, 0.2) is 0 Å². The van der Waals surface area contributed by atoms with Crippen molar-refractivity contribution in [2.75, 3.05) is 33.3 Å². The Morgan fingerprint density at radius 1 is 1.05 bits per heavy atom. The first-order chi connectivity index (χ1) is 18.0. The first-order valence-corrected chi connectivity index (χ1v) is 12.9. The molecule has 0 aliphatic heterocycles. The Bertz CT molecular complexity index is 1350. The van der Waals surface area contributed by atoms with Gasteiger partial charge in [0.2, 0.25) is 0 Å². The third-order valence-electron chi connectivity index (χ3n) is 6.93. The molecule has 0 saturated carbocycles. The molecule has 194 valence electrons. The van der Waals surface area contributed by atoms with Gasteiger partial charge < -0.3 is 14.5 Å². The zero-order valence-electron chi connectivity index (χ0n) is 22.0. The molecule has 0 aliphatic carbocycles. The minimum Gasteiger partial charge on any atom is -0.493 e. The first-order valence-electron chi connectivity index (χ1n) is 12.9. The van der Waals surface area contributed by atoms with E-state index in [2.05, 4.69) is 35.0 Å². The molecule has 1 amide bonds. The summed E-state index contributed by atoms with van der Waals surface area (Å²) >= 11 is 0. The summed E-state index contributed by atoms with van der Waals surface area (Å²) in [5.74, 6) is 0.138. The summed E-state index contributed by atoms with van der Waals surface area (Å²) in [6.07, 6.45) is 2.59. The fourth-order valence-corrected chi connectivity index (χ4v) is 4.84. The Morgan fingerprint density at radius 2 is 1.84 bits per heavy atom. The molecule has 1 N–H and O–H groups in total. The third-order valence-corrected chi connectivity index (χ3v) is 6.93. The molecule has 0 aliphatic rings. The van der Waals surface area contributed by atoms with E-state index in [0.717, 1.165) is 48.1 Å². The Morgan fingerprint density at radius 3 is 2.57 bits per heavy atom. The molecule has 0 spiro atoms. The number of nitrogens with zero attached hydrogens (tertiary/aromatic N) is 3. The molecule has 7 heteroatoms. The molecule has 0 radical (unpaired) electrons. The molecule has 0 fully saturated rings. The SMILES string of the molecule is CCOc1cc(C(=O)N(C)[C@H](CCN(CC)CC)c2cccc3cn[nH]c23)ccc1-c1cccc(F)c1. The Balaban J connectivity index is 1.69. The summed E-state index contributed by atoms with van der Waals surface area (Å²) in [6, 6.07) is 17.7. The fraction of sp³-hybridized carbons (Fsp3) is 0.333. The minimum absolute atomic E-state index is 0.104. The molecule has 0 bridgehead atoms. The quantitative estimate of drug-likeness (QED) is 0.261. The number of halogens is 1. The van der Waals surface area contributed by atoms with Gasteiger partial charge in [0.25, 0.3) is 5.91 Å². The fourth-order valence-electron chi connectivity index (χ4n) is 4.84. The maximum absolute atomic E-state index is 13.9. The van der Waals surface area contributed by atoms with Crippen LogP contribution in [0.2, 0.25) is 0 Å². The van der Waals surface area contributed by atoms with Crippen molar-refractivity contribution in [3.8, 4) is 16.9 Å². The predicted octanol–water partition coefficient (Wildman–Crippen LogP) is 6.31. The van der Waals surface area contributed by atoms with Crippen molar-refractivity contribution >= 4 is 16.8 Å². The summed E-state index contributed by atoms with van der Waals surface area (Å²) in [5, 5.41) is 8.37. The average Bonchev–Trinajstić information content (AvgIpc) is 3.40. The Labute approximate surface area is 218 Å². The lowest BCUT2D eigenvalue weighted by molar-refractivity contribution is 0.0712. The number of aromatic amines is 1. The number of aromatic nitrogens is 2. The van der Waals surface area contributed by atoms with Crippen LogP contribution in [-0.4, -0.2) is 59.2 Å². The maximum Gasteiger partial charge on any atom is 0.254 e. The van der Waals surface area contributed by atoms with E-state index < -0.39 is 0 Å². The highest BCUT2D eigenvalue weighted by atomic mass is 19.1. The normalized spacial score (nSPS) is 12.2. The number of H-pyrrole nitrogens is 1. The zero-order valence-corrected chi connectivity index (χ0v) is 22.0. The van der Waals surface area contributed by atoms with E-state index in [1.54, 1.807) is 18.2 Å². The number of nitrogens with one attached hydrogen (secondary N) is 1. The molecule has 37 heavy (non-hydrogen) atoms. The smallest absolute Gasteiger partial charge is 0.254 e. The van der Waals surface area contributed by atoms with Crippen LogP contribution in [0.4, 0.5) is 4.39 Å². The lowest BCUT2D eigenvalue weighted by Crippen LogP contribution is -2.34. The van der Waals surface area contributed by atoms with Gasteiger partial charge >= 0.3 is 0 Å². The van der Waals surface area contributed by atoms with Crippen molar-refractivity contribution in [2.45, 2.75) is 33.2 Å². The highest BCUT2D eigenvalue weighted by molar-refractivity contribution is 5.96. The summed E-state index contributed by atoms with van der Waals surface area (Å²) in [7, 11) is 1.85. The van der Waals surface area contributed by atoms with Crippen LogP contribution in [0.3, 0.4) is 0 Å². The second-order valence-electron chi connectivity index (χ2n) is 9.08. The van der Waals surface area contributed by atoms with E-state index in [-0.39, 0.29) is 17.8 Å². The van der Waals surface area contributed by atoms with Crippen LogP contribution < -0.4 is 4.74 Å². The topological polar surface area (TPSA) is 61.5 Å².